The second-order valence-electron chi connectivity index (χ2n) is 5.40. The molecule has 0 saturated heterocycles. The number of fused-ring (bicyclic) bond motifs is 2. The predicted octanol–water partition coefficient (Wildman–Crippen LogP) is 4.21. The maximum absolute atomic E-state index is 5.54. The van der Waals surface area contributed by atoms with E-state index in [1.165, 1.54) is 0 Å². The van der Waals surface area contributed by atoms with Gasteiger partial charge in [0.1, 0.15) is 0 Å². The molecule has 5 nitrogen and oxygen atoms in total. The minimum atomic E-state index is 0.264. The van der Waals surface area contributed by atoms with E-state index >= 15 is 0 Å². The Morgan fingerprint density at radius 3 is 2.50 bits per heavy atom. The van der Waals surface area contributed by atoms with Crippen molar-refractivity contribution in [3.8, 4) is 11.6 Å². The molecule has 0 aliphatic rings. The summed E-state index contributed by atoms with van der Waals surface area (Å²) in [5.41, 5.74) is 3.20. The summed E-state index contributed by atoms with van der Waals surface area (Å²) in [6, 6.07) is 11.9. The number of para-hydroxylation sites is 2. The molecule has 22 heavy (non-hydrogen) atoms. The van der Waals surface area contributed by atoms with Crippen LogP contribution in [0.25, 0.3) is 33.9 Å². The normalized spacial score (nSPS) is 13.0. The highest BCUT2D eigenvalue weighted by molar-refractivity contribution is 5.84. The van der Waals surface area contributed by atoms with Gasteiger partial charge in [0, 0.05) is 6.04 Å². The molecule has 0 aliphatic carbocycles. The van der Waals surface area contributed by atoms with Gasteiger partial charge in [0.05, 0.1) is 17.3 Å². The van der Waals surface area contributed by atoms with Gasteiger partial charge >= 0.3 is 0 Å². The molecule has 0 unspecified atom stereocenters. The first-order valence-corrected chi connectivity index (χ1v) is 7.46. The van der Waals surface area contributed by atoms with Crippen LogP contribution < -0.4 is 0 Å². The summed E-state index contributed by atoms with van der Waals surface area (Å²) in [6.07, 6.45) is 2.64. The molecule has 0 aliphatic heterocycles. The van der Waals surface area contributed by atoms with E-state index in [0.717, 1.165) is 34.7 Å². The summed E-state index contributed by atoms with van der Waals surface area (Å²) in [5.74, 6) is 1.52. The van der Waals surface area contributed by atoms with E-state index in [2.05, 4.69) is 28.4 Å². The molecule has 1 atom stereocenters. The third-order valence-corrected chi connectivity index (χ3v) is 3.98. The van der Waals surface area contributed by atoms with Crippen LogP contribution in [0, 0.1) is 0 Å². The number of hydrogen-bond donors (Lipinski definition) is 0. The summed E-state index contributed by atoms with van der Waals surface area (Å²) in [5, 5.41) is 0. The molecule has 1 aromatic carbocycles. The summed E-state index contributed by atoms with van der Waals surface area (Å²) >= 11 is 0. The molecule has 0 saturated carbocycles. The van der Waals surface area contributed by atoms with E-state index in [1.54, 1.807) is 6.26 Å². The van der Waals surface area contributed by atoms with Crippen molar-refractivity contribution < 1.29 is 4.42 Å². The topological polar surface area (TPSA) is 56.7 Å². The van der Waals surface area contributed by atoms with Crippen molar-refractivity contribution in [2.75, 3.05) is 0 Å². The first kappa shape index (κ1) is 13.0. The van der Waals surface area contributed by atoms with Gasteiger partial charge in [-0.3, -0.25) is 0 Å². The smallest absolute Gasteiger partial charge is 0.198 e. The maximum Gasteiger partial charge on any atom is 0.198 e. The van der Waals surface area contributed by atoms with Crippen molar-refractivity contribution in [3.05, 3.63) is 42.7 Å². The SMILES string of the molecule is CC[C@H](C)n1c(-c2ccco2)nc2nc3ccccc3nc21. The molecule has 0 spiro atoms. The molecular weight excluding hydrogens is 276 g/mol. The lowest BCUT2D eigenvalue weighted by Crippen LogP contribution is -2.06. The molecule has 0 N–H and O–H groups in total. The standard InChI is InChI=1S/C17H16N4O/c1-3-11(2)21-16(14-9-6-10-22-14)20-15-17(21)19-13-8-5-4-7-12(13)18-15/h4-11H,3H2,1-2H3/t11-/m0/s1. The number of nitrogens with zero attached hydrogens (tertiary/aromatic N) is 4. The Morgan fingerprint density at radius 2 is 1.82 bits per heavy atom. The van der Waals surface area contributed by atoms with E-state index < -0.39 is 0 Å². The molecule has 110 valence electrons. The lowest BCUT2D eigenvalue weighted by Gasteiger charge is -2.13. The summed E-state index contributed by atoms with van der Waals surface area (Å²) in [4.78, 5) is 14.1. The Hall–Kier alpha value is -2.69. The van der Waals surface area contributed by atoms with Gasteiger partial charge in [-0.2, -0.15) is 0 Å². The Balaban J connectivity index is 2.08. The van der Waals surface area contributed by atoms with E-state index in [-0.39, 0.29) is 6.04 Å². The summed E-state index contributed by atoms with van der Waals surface area (Å²) < 4.78 is 7.66. The highest BCUT2D eigenvalue weighted by Gasteiger charge is 2.20. The third kappa shape index (κ3) is 1.89. The van der Waals surface area contributed by atoms with Crippen LogP contribution in [0.4, 0.5) is 0 Å². The molecule has 4 rings (SSSR count). The predicted molar refractivity (Wildman–Crippen MR) is 85.5 cm³/mol. The fourth-order valence-corrected chi connectivity index (χ4v) is 2.65. The molecule has 3 heterocycles. The first-order valence-electron chi connectivity index (χ1n) is 7.46. The van der Waals surface area contributed by atoms with Gasteiger partial charge in [0.15, 0.2) is 22.9 Å². The molecule has 5 heteroatoms. The molecular formula is C17H16N4O. The number of furan rings is 1. The molecule has 0 radical (unpaired) electrons. The van der Waals surface area contributed by atoms with Crippen molar-refractivity contribution in [1.29, 1.82) is 0 Å². The van der Waals surface area contributed by atoms with Gasteiger partial charge in [-0.05, 0) is 37.6 Å². The van der Waals surface area contributed by atoms with Crippen LogP contribution in [0.3, 0.4) is 0 Å². The zero-order valence-electron chi connectivity index (χ0n) is 12.5. The van der Waals surface area contributed by atoms with E-state index in [9.17, 15) is 0 Å². The van der Waals surface area contributed by atoms with Gasteiger partial charge in [0.2, 0.25) is 0 Å². The Bertz CT molecular complexity index is 940. The Kier molecular flexibility index (Phi) is 2.92. The van der Waals surface area contributed by atoms with E-state index in [1.807, 2.05) is 36.4 Å². The minimum Gasteiger partial charge on any atom is -0.461 e. The van der Waals surface area contributed by atoms with Gasteiger partial charge in [-0.15, -0.1) is 0 Å². The van der Waals surface area contributed by atoms with Crippen molar-refractivity contribution in [1.82, 2.24) is 19.5 Å². The van der Waals surface area contributed by atoms with Crippen LogP contribution in [0.1, 0.15) is 26.3 Å². The zero-order chi connectivity index (χ0) is 15.1. The van der Waals surface area contributed by atoms with Gasteiger partial charge in [-0.25, -0.2) is 15.0 Å². The van der Waals surface area contributed by atoms with Crippen LogP contribution >= 0.6 is 0 Å². The average Bonchev–Trinajstić information content (AvgIpc) is 3.19. The molecule has 0 amide bonds. The minimum absolute atomic E-state index is 0.264. The van der Waals surface area contributed by atoms with Gasteiger partial charge < -0.3 is 8.98 Å². The molecule has 4 aromatic rings. The molecule has 0 bridgehead atoms. The fraction of sp³-hybridized carbons (Fsp3) is 0.235. The third-order valence-electron chi connectivity index (χ3n) is 3.98. The average molecular weight is 292 g/mol. The quantitative estimate of drug-likeness (QED) is 0.567. The van der Waals surface area contributed by atoms with Crippen LogP contribution in [0.2, 0.25) is 0 Å². The van der Waals surface area contributed by atoms with E-state index in [4.69, 9.17) is 9.40 Å². The monoisotopic (exact) mass is 292 g/mol. The van der Waals surface area contributed by atoms with Crippen molar-refractivity contribution >= 4 is 22.3 Å². The summed E-state index contributed by atoms with van der Waals surface area (Å²) in [7, 11) is 0. The van der Waals surface area contributed by atoms with E-state index in [0.29, 0.717) is 5.65 Å². The zero-order valence-corrected chi connectivity index (χ0v) is 12.5. The van der Waals surface area contributed by atoms with Gasteiger partial charge in [0.25, 0.3) is 0 Å². The number of benzene rings is 1. The number of imidazole rings is 1. The van der Waals surface area contributed by atoms with Crippen molar-refractivity contribution in [2.24, 2.45) is 0 Å². The Morgan fingerprint density at radius 1 is 1.05 bits per heavy atom. The second-order valence-corrected chi connectivity index (χ2v) is 5.40. The Labute approximate surface area is 127 Å². The molecule has 3 aromatic heterocycles. The highest BCUT2D eigenvalue weighted by Crippen LogP contribution is 2.29. The van der Waals surface area contributed by atoms with Crippen LogP contribution in [-0.4, -0.2) is 19.5 Å². The largest absolute Gasteiger partial charge is 0.461 e. The summed E-state index contributed by atoms with van der Waals surface area (Å²) in [6.45, 7) is 4.31. The fourth-order valence-electron chi connectivity index (χ4n) is 2.65. The van der Waals surface area contributed by atoms with Crippen LogP contribution in [0.5, 0.6) is 0 Å². The van der Waals surface area contributed by atoms with Crippen LogP contribution in [0.15, 0.2) is 47.1 Å². The van der Waals surface area contributed by atoms with Gasteiger partial charge in [-0.1, -0.05) is 19.1 Å². The number of aromatic nitrogens is 4. The number of rotatable bonds is 3. The lowest BCUT2D eigenvalue weighted by molar-refractivity contribution is 0.525. The van der Waals surface area contributed by atoms with Crippen molar-refractivity contribution in [3.63, 3.8) is 0 Å². The maximum atomic E-state index is 5.54. The van der Waals surface area contributed by atoms with Crippen molar-refractivity contribution in [2.45, 2.75) is 26.3 Å². The lowest BCUT2D eigenvalue weighted by atomic mass is 10.2. The molecule has 0 fully saturated rings. The second kappa shape index (κ2) is 4.94. The highest BCUT2D eigenvalue weighted by atomic mass is 16.3. The number of hydrogen-bond acceptors (Lipinski definition) is 4. The van der Waals surface area contributed by atoms with Crippen LogP contribution in [-0.2, 0) is 0 Å². The first-order chi connectivity index (χ1) is 10.8.